The number of hydrogen-bond donors (Lipinski definition) is 1. The fourth-order valence-electron chi connectivity index (χ4n) is 1.64. The molecule has 0 aliphatic carbocycles. The second kappa shape index (κ2) is 6.30. The van der Waals surface area contributed by atoms with Crippen LogP contribution in [-0.2, 0) is 11.0 Å². The third kappa shape index (κ3) is 4.15. The summed E-state index contributed by atoms with van der Waals surface area (Å²) in [6, 6.07) is 9.04. The van der Waals surface area contributed by atoms with Crippen LogP contribution in [0.25, 0.3) is 11.3 Å². The molecule has 1 aromatic heterocycles. The Hall–Kier alpha value is -1.17. The maximum absolute atomic E-state index is 12.1. The van der Waals surface area contributed by atoms with Gasteiger partial charge >= 0.3 is 0 Å². The third-order valence-corrected chi connectivity index (χ3v) is 4.87. The normalized spacial score (nSPS) is 14.9. The fourth-order valence-corrected chi connectivity index (χ4v) is 2.56. The first-order valence-corrected chi connectivity index (χ1v) is 8.21. The van der Waals surface area contributed by atoms with Crippen molar-refractivity contribution in [3.05, 3.63) is 41.0 Å². The highest BCUT2D eigenvalue weighted by molar-refractivity contribution is 7.84. The minimum absolute atomic E-state index is 0.158. The van der Waals surface area contributed by atoms with Crippen LogP contribution in [0.2, 0.25) is 5.02 Å². The predicted octanol–water partition coefficient (Wildman–Crippen LogP) is 4.11. The van der Waals surface area contributed by atoms with E-state index < -0.39 is 11.0 Å². The second-order valence-corrected chi connectivity index (χ2v) is 8.28. The number of benzene rings is 1. The molecule has 0 saturated heterocycles. The van der Waals surface area contributed by atoms with E-state index in [1.807, 2.05) is 45.9 Å². The van der Waals surface area contributed by atoms with Crippen molar-refractivity contribution < 1.29 is 8.73 Å². The minimum atomic E-state index is -1.16. The summed E-state index contributed by atoms with van der Waals surface area (Å²) in [5.74, 6) is 0.664. The molecule has 0 bridgehead atoms. The van der Waals surface area contributed by atoms with Crippen LogP contribution in [0.3, 0.4) is 0 Å². The molecule has 1 heterocycles. The van der Waals surface area contributed by atoms with Crippen molar-refractivity contribution in [3.63, 3.8) is 0 Å². The molecule has 2 rings (SSSR count). The number of nitrogens with zero attached hydrogens (tertiary/aromatic N) is 1. The van der Waals surface area contributed by atoms with Gasteiger partial charge in [0.05, 0.1) is 21.8 Å². The molecule has 2 aromatic rings. The van der Waals surface area contributed by atoms with E-state index in [9.17, 15) is 4.21 Å². The summed E-state index contributed by atoms with van der Waals surface area (Å²) in [5, 5.41) is 4.72. The summed E-state index contributed by atoms with van der Waals surface area (Å²) in [6.07, 6.45) is 0. The number of hydrogen-bond acceptors (Lipinski definition) is 3. The molecule has 6 heteroatoms. The Morgan fingerprint density at radius 1 is 1.29 bits per heavy atom. The van der Waals surface area contributed by atoms with Crippen LogP contribution in [0, 0.1) is 0 Å². The standard InChI is InChI=1S/C15H19ClN2O2S/c1-10(18-21(19)15(2,3)4)13-9-14(20-17-13)11-5-7-12(16)8-6-11/h5-10,18H,1-4H3/t10-,21-/m0/s1. The molecule has 114 valence electrons. The smallest absolute Gasteiger partial charge is 0.167 e. The SMILES string of the molecule is C[C@H](N[S@@](=O)C(C)(C)C)c1cc(-c2ccc(Cl)cc2)on1. The zero-order valence-corrected chi connectivity index (χ0v) is 14.1. The highest BCUT2D eigenvalue weighted by Crippen LogP contribution is 2.25. The maximum Gasteiger partial charge on any atom is 0.167 e. The number of halogens is 1. The molecule has 21 heavy (non-hydrogen) atoms. The van der Waals surface area contributed by atoms with Crippen LogP contribution in [0.5, 0.6) is 0 Å². The van der Waals surface area contributed by atoms with Gasteiger partial charge in [0.2, 0.25) is 0 Å². The van der Waals surface area contributed by atoms with E-state index >= 15 is 0 Å². The zero-order chi connectivity index (χ0) is 15.6. The average molecular weight is 327 g/mol. The van der Waals surface area contributed by atoms with E-state index in [2.05, 4.69) is 9.88 Å². The Balaban J connectivity index is 2.12. The van der Waals surface area contributed by atoms with Gasteiger partial charge in [-0.3, -0.25) is 0 Å². The first-order chi connectivity index (χ1) is 9.77. The summed E-state index contributed by atoms with van der Waals surface area (Å²) in [7, 11) is -1.16. The Labute approximate surface area is 132 Å². The van der Waals surface area contributed by atoms with E-state index in [1.54, 1.807) is 12.1 Å². The Morgan fingerprint density at radius 2 is 1.90 bits per heavy atom. The number of aromatic nitrogens is 1. The van der Waals surface area contributed by atoms with Crippen molar-refractivity contribution in [1.82, 2.24) is 9.88 Å². The van der Waals surface area contributed by atoms with Gasteiger partial charge in [0.15, 0.2) is 5.76 Å². The minimum Gasteiger partial charge on any atom is -0.356 e. The van der Waals surface area contributed by atoms with Gasteiger partial charge in [0, 0.05) is 16.7 Å². The zero-order valence-electron chi connectivity index (χ0n) is 12.5. The lowest BCUT2D eigenvalue weighted by atomic mass is 10.1. The lowest BCUT2D eigenvalue weighted by Crippen LogP contribution is -2.34. The number of rotatable bonds is 4. The van der Waals surface area contributed by atoms with Crippen LogP contribution in [0.15, 0.2) is 34.9 Å². The molecule has 1 aromatic carbocycles. The molecular formula is C15H19ClN2O2S. The van der Waals surface area contributed by atoms with E-state index in [0.717, 1.165) is 11.3 Å². The van der Waals surface area contributed by atoms with Gasteiger partial charge in [-0.25, -0.2) is 8.93 Å². The van der Waals surface area contributed by atoms with Crippen LogP contribution in [0.4, 0.5) is 0 Å². The summed E-state index contributed by atoms with van der Waals surface area (Å²) in [6.45, 7) is 7.67. The van der Waals surface area contributed by atoms with Crippen molar-refractivity contribution in [2.45, 2.75) is 38.5 Å². The average Bonchev–Trinajstić information content (AvgIpc) is 2.88. The van der Waals surface area contributed by atoms with Crippen molar-refractivity contribution in [3.8, 4) is 11.3 Å². The second-order valence-electron chi connectivity index (χ2n) is 5.84. The van der Waals surface area contributed by atoms with E-state index in [4.69, 9.17) is 16.1 Å². The van der Waals surface area contributed by atoms with Gasteiger partial charge < -0.3 is 4.52 Å². The fraction of sp³-hybridized carbons (Fsp3) is 0.400. The van der Waals surface area contributed by atoms with Gasteiger partial charge in [-0.2, -0.15) is 0 Å². The van der Waals surface area contributed by atoms with Gasteiger partial charge in [-0.1, -0.05) is 16.8 Å². The summed E-state index contributed by atoms with van der Waals surface area (Å²) >= 11 is 5.86. The molecule has 0 fully saturated rings. The molecule has 0 amide bonds. The van der Waals surface area contributed by atoms with Crippen LogP contribution < -0.4 is 4.72 Å². The topological polar surface area (TPSA) is 55.1 Å². The van der Waals surface area contributed by atoms with Gasteiger partial charge in [0.1, 0.15) is 5.69 Å². The predicted molar refractivity (Wildman–Crippen MR) is 86.4 cm³/mol. The van der Waals surface area contributed by atoms with Gasteiger partial charge in [-0.05, 0) is 52.0 Å². The van der Waals surface area contributed by atoms with Gasteiger partial charge in [-0.15, -0.1) is 0 Å². The summed E-state index contributed by atoms with van der Waals surface area (Å²) < 4.78 is 20.2. The monoisotopic (exact) mass is 326 g/mol. The highest BCUT2D eigenvalue weighted by atomic mass is 35.5. The summed E-state index contributed by atoms with van der Waals surface area (Å²) in [5.41, 5.74) is 1.62. The Morgan fingerprint density at radius 3 is 2.48 bits per heavy atom. The van der Waals surface area contributed by atoms with Crippen LogP contribution in [0.1, 0.15) is 39.4 Å². The molecular weight excluding hydrogens is 308 g/mol. The van der Waals surface area contributed by atoms with Crippen molar-refractivity contribution in [1.29, 1.82) is 0 Å². The van der Waals surface area contributed by atoms with Crippen LogP contribution in [-0.4, -0.2) is 14.1 Å². The first-order valence-electron chi connectivity index (χ1n) is 6.68. The Bertz CT molecular complexity index is 632. The summed E-state index contributed by atoms with van der Waals surface area (Å²) in [4.78, 5) is 0. The third-order valence-electron chi connectivity index (χ3n) is 2.94. The van der Waals surface area contributed by atoms with E-state index in [-0.39, 0.29) is 10.8 Å². The highest BCUT2D eigenvalue weighted by Gasteiger charge is 2.23. The van der Waals surface area contributed by atoms with Gasteiger partial charge in [0.25, 0.3) is 0 Å². The maximum atomic E-state index is 12.1. The molecule has 0 radical (unpaired) electrons. The van der Waals surface area contributed by atoms with Crippen molar-refractivity contribution in [2.75, 3.05) is 0 Å². The molecule has 0 spiro atoms. The Kier molecular flexibility index (Phi) is 4.86. The quantitative estimate of drug-likeness (QED) is 0.920. The molecule has 4 nitrogen and oxygen atoms in total. The van der Waals surface area contributed by atoms with Crippen molar-refractivity contribution in [2.24, 2.45) is 0 Å². The van der Waals surface area contributed by atoms with E-state index in [0.29, 0.717) is 10.8 Å². The molecule has 0 unspecified atom stereocenters. The van der Waals surface area contributed by atoms with Crippen molar-refractivity contribution >= 4 is 22.6 Å². The number of nitrogens with one attached hydrogen (secondary N) is 1. The molecule has 2 atom stereocenters. The molecule has 0 aliphatic heterocycles. The van der Waals surface area contributed by atoms with E-state index in [1.165, 1.54) is 0 Å². The molecule has 0 saturated carbocycles. The van der Waals surface area contributed by atoms with Crippen LogP contribution >= 0.6 is 11.6 Å². The first kappa shape index (κ1) is 16.2. The molecule has 1 N–H and O–H groups in total. The lowest BCUT2D eigenvalue weighted by molar-refractivity contribution is 0.416. The molecule has 0 aliphatic rings. The largest absolute Gasteiger partial charge is 0.356 e. The lowest BCUT2D eigenvalue weighted by Gasteiger charge is -2.20.